The van der Waals surface area contributed by atoms with E-state index in [9.17, 15) is 19.2 Å². The summed E-state index contributed by atoms with van der Waals surface area (Å²) in [5.41, 5.74) is 0. The first-order valence-electron chi connectivity index (χ1n) is 7.97. The Labute approximate surface area is 139 Å². The fourth-order valence-corrected chi connectivity index (χ4v) is 2.32. The number of hydrogen-bond donors (Lipinski definition) is 2. The molecule has 0 atom stereocenters. The second kappa shape index (κ2) is 9.18. The lowest BCUT2D eigenvalue weighted by atomic mass is 10.3. The molecule has 2 saturated heterocycles. The third kappa shape index (κ3) is 5.78. The van der Waals surface area contributed by atoms with Gasteiger partial charge in [-0.2, -0.15) is 0 Å². The van der Waals surface area contributed by atoms with E-state index in [1.54, 1.807) is 0 Å². The van der Waals surface area contributed by atoms with Crippen LogP contribution in [0.3, 0.4) is 0 Å². The summed E-state index contributed by atoms with van der Waals surface area (Å²) in [5.74, 6) is -1.63. The van der Waals surface area contributed by atoms with Crippen molar-refractivity contribution in [1.29, 1.82) is 0 Å². The van der Waals surface area contributed by atoms with E-state index in [0.29, 0.717) is 52.4 Å². The molecule has 0 aliphatic carbocycles. The Morgan fingerprint density at radius 3 is 1.33 bits per heavy atom. The highest BCUT2D eigenvalue weighted by atomic mass is 16.6. The van der Waals surface area contributed by atoms with Crippen LogP contribution in [0.2, 0.25) is 0 Å². The molecule has 24 heavy (non-hydrogen) atoms. The van der Waals surface area contributed by atoms with Crippen LogP contribution < -0.4 is 10.6 Å². The third-order valence-electron chi connectivity index (χ3n) is 3.69. The molecule has 0 aromatic carbocycles. The minimum Gasteiger partial charge on any atom is -0.376 e. The molecule has 0 bridgehead atoms. The Balaban J connectivity index is 1.64. The minimum absolute atomic E-state index is 0.314. The molecule has 0 aromatic rings. The van der Waals surface area contributed by atoms with Crippen LogP contribution >= 0.6 is 0 Å². The van der Waals surface area contributed by atoms with E-state index in [-0.39, 0.29) is 12.8 Å². The van der Waals surface area contributed by atoms with Gasteiger partial charge >= 0.3 is 24.1 Å². The summed E-state index contributed by atoms with van der Waals surface area (Å²) < 4.78 is 9.34. The van der Waals surface area contributed by atoms with Gasteiger partial charge in [0.1, 0.15) is 0 Å². The molecule has 0 unspecified atom stereocenters. The molecule has 2 fully saturated rings. The zero-order valence-electron chi connectivity index (χ0n) is 13.4. The molecule has 2 heterocycles. The molecule has 2 amide bonds. The Bertz CT molecular complexity index is 442. The standard InChI is InChI=1S/C14H22N4O6/c19-11(23-13(21)17-7-3-15-4-8-17)1-2-12(20)24-14(22)18-9-5-16-6-10-18/h15-16H,1-10H2. The molecule has 0 aromatic heterocycles. The summed E-state index contributed by atoms with van der Waals surface area (Å²) in [4.78, 5) is 49.4. The van der Waals surface area contributed by atoms with E-state index in [0.717, 1.165) is 0 Å². The van der Waals surface area contributed by atoms with Crippen LogP contribution in [0.25, 0.3) is 0 Å². The number of hydrogen-bond acceptors (Lipinski definition) is 8. The van der Waals surface area contributed by atoms with Crippen LogP contribution in [0, 0.1) is 0 Å². The molecule has 10 nitrogen and oxygen atoms in total. The van der Waals surface area contributed by atoms with E-state index in [1.165, 1.54) is 9.80 Å². The summed E-state index contributed by atoms with van der Waals surface area (Å²) in [5, 5.41) is 6.15. The smallest absolute Gasteiger partial charge is 0.376 e. The number of ether oxygens (including phenoxy) is 2. The number of rotatable bonds is 3. The molecular formula is C14H22N4O6. The number of nitrogens with zero attached hydrogens (tertiary/aromatic N) is 2. The zero-order valence-corrected chi connectivity index (χ0v) is 13.4. The van der Waals surface area contributed by atoms with E-state index < -0.39 is 24.1 Å². The quantitative estimate of drug-likeness (QED) is 0.490. The Morgan fingerprint density at radius 2 is 1.00 bits per heavy atom. The van der Waals surface area contributed by atoms with Crippen molar-refractivity contribution in [2.24, 2.45) is 0 Å². The van der Waals surface area contributed by atoms with E-state index in [2.05, 4.69) is 20.1 Å². The number of nitrogens with one attached hydrogen (secondary N) is 2. The van der Waals surface area contributed by atoms with Gasteiger partial charge in [-0.05, 0) is 0 Å². The molecule has 2 aliphatic heterocycles. The van der Waals surface area contributed by atoms with Crippen LogP contribution in [-0.4, -0.2) is 86.3 Å². The van der Waals surface area contributed by atoms with Gasteiger partial charge in [-0.1, -0.05) is 0 Å². The normalized spacial score (nSPS) is 18.0. The topological polar surface area (TPSA) is 117 Å². The highest BCUT2D eigenvalue weighted by molar-refractivity contribution is 5.89. The number of carbonyl (C=O) groups excluding carboxylic acids is 4. The van der Waals surface area contributed by atoms with Gasteiger partial charge in [-0.3, -0.25) is 9.59 Å². The minimum atomic E-state index is -0.815. The van der Waals surface area contributed by atoms with Crippen molar-refractivity contribution < 1.29 is 28.7 Å². The number of carbonyl (C=O) groups is 4. The molecule has 2 N–H and O–H groups in total. The summed E-state index contributed by atoms with van der Waals surface area (Å²) in [6, 6.07) is 0. The first kappa shape index (κ1) is 18.1. The van der Waals surface area contributed by atoms with E-state index in [1.807, 2.05) is 0 Å². The van der Waals surface area contributed by atoms with Gasteiger partial charge in [0.25, 0.3) is 0 Å². The Morgan fingerprint density at radius 1 is 0.667 bits per heavy atom. The fraction of sp³-hybridized carbons (Fsp3) is 0.714. The first-order chi connectivity index (χ1) is 11.6. The molecule has 10 heteroatoms. The van der Waals surface area contributed by atoms with Crippen molar-refractivity contribution in [3.63, 3.8) is 0 Å². The predicted molar refractivity (Wildman–Crippen MR) is 81.1 cm³/mol. The van der Waals surface area contributed by atoms with Crippen LogP contribution in [0.4, 0.5) is 9.59 Å². The number of amides is 2. The van der Waals surface area contributed by atoms with Crippen LogP contribution in [0.1, 0.15) is 12.8 Å². The molecule has 2 rings (SSSR count). The summed E-state index contributed by atoms with van der Waals surface area (Å²) in [7, 11) is 0. The zero-order chi connectivity index (χ0) is 17.4. The summed E-state index contributed by atoms with van der Waals surface area (Å²) in [6.07, 6.45) is -2.06. The van der Waals surface area contributed by atoms with Gasteiger partial charge in [0.15, 0.2) is 0 Å². The lowest BCUT2D eigenvalue weighted by Gasteiger charge is -2.26. The van der Waals surface area contributed by atoms with Crippen molar-refractivity contribution in [2.45, 2.75) is 12.8 Å². The van der Waals surface area contributed by atoms with Crippen molar-refractivity contribution in [3.05, 3.63) is 0 Å². The SMILES string of the molecule is O=C(CCC(=O)OC(=O)N1CCNCC1)OC(=O)N1CCNCC1. The van der Waals surface area contributed by atoms with Crippen molar-refractivity contribution in [3.8, 4) is 0 Å². The Kier molecular flexibility index (Phi) is 6.94. The highest BCUT2D eigenvalue weighted by Gasteiger charge is 2.23. The number of piperazine rings is 2. The van der Waals surface area contributed by atoms with Crippen LogP contribution in [0.15, 0.2) is 0 Å². The highest BCUT2D eigenvalue weighted by Crippen LogP contribution is 2.03. The second-order valence-electron chi connectivity index (χ2n) is 5.45. The lowest BCUT2D eigenvalue weighted by molar-refractivity contribution is -0.145. The fourth-order valence-electron chi connectivity index (χ4n) is 2.32. The predicted octanol–water partition coefficient (Wildman–Crippen LogP) is -1.10. The average molecular weight is 342 g/mol. The molecule has 2 aliphatic rings. The largest absolute Gasteiger partial charge is 0.417 e. The van der Waals surface area contributed by atoms with Gasteiger partial charge in [0.05, 0.1) is 12.8 Å². The van der Waals surface area contributed by atoms with Crippen molar-refractivity contribution in [1.82, 2.24) is 20.4 Å². The molecular weight excluding hydrogens is 320 g/mol. The van der Waals surface area contributed by atoms with Gasteiger partial charge < -0.3 is 29.9 Å². The van der Waals surface area contributed by atoms with E-state index in [4.69, 9.17) is 0 Å². The van der Waals surface area contributed by atoms with Gasteiger partial charge in [0.2, 0.25) is 0 Å². The molecule has 134 valence electrons. The van der Waals surface area contributed by atoms with Crippen LogP contribution in [-0.2, 0) is 19.1 Å². The summed E-state index contributed by atoms with van der Waals surface area (Å²) >= 11 is 0. The third-order valence-corrected chi connectivity index (χ3v) is 3.69. The van der Waals surface area contributed by atoms with E-state index >= 15 is 0 Å². The lowest BCUT2D eigenvalue weighted by Crippen LogP contribution is -2.47. The van der Waals surface area contributed by atoms with Crippen molar-refractivity contribution in [2.75, 3.05) is 52.4 Å². The molecule has 0 spiro atoms. The van der Waals surface area contributed by atoms with Gasteiger partial charge in [-0.25, -0.2) is 9.59 Å². The monoisotopic (exact) mass is 342 g/mol. The maximum atomic E-state index is 11.7. The maximum Gasteiger partial charge on any atom is 0.417 e. The van der Waals surface area contributed by atoms with Gasteiger partial charge in [-0.15, -0.1) is 0 Å². The maximum absolute atomic E-state index is 11.7. The molecule has 0 radical (unpaired) electrons. The number of esters is 2. The first-order valence-corrected chi connectivity index (χ1v) is 7.97. The average Bonchev–Trinajstić information content (AvgIpc) is 2.61. The second-order valence-corrected chi connectivity index (χ2v) is 5.45. The summed E-state index contributed by atoms with van der Waals surface area (Å²) in [6.45, 7) is 4.43. The Hall–Kier alpha value is -2.20. The van der Waals surface area contributed by atoms with Crippen LogP contribution in [0.5, 0.6) is 0 Å². The van der Waals surface area contributed by atoms with Crippen molar-refractivity contribution >= 4 is 24.1 Å². The molecule has 0 saturated carbocycles. The van der Waals surface area contributed by atoms with Gasteiger partial charge in [0, 0.05) is 52.4 Å².